The van der Waals surface area contributed by atoms with E-state index in [0.717, 1.165) is 18.2 Å². The molecule has 7 N–H and O–H groups in total. The van der Waals surface area contributed by atoms with E-state index in [1.807, 2.05) is 0 Å². The fourth-order valence-electron chi connectivity index (χ4n) is 4.89. The fourth-order valence-corrected chi connectivity index (χ4v) is 5.25. The number of halogens is 8. The van der Waals surface area contributed by atoms with Crippen molar-refractivity contribution >= 4 is 81.8 Å². The molecule has 288 valence electrons. The average Bonchev–Trinajstić information content (AvgIpc) is 3.73. The number of benzene rings is 4. The Morgan fingerprint density at radius 1 is 0.685 bits per heavy atom. The first-order chi connectivity index (χ1) is 25.1. The zero-order chi connectivity index (χ0) is 39.0. The maximum atomic E-state index is 14.2. The minimum atomic E-state index is -0.724. The standard InChI is InChI=1S/C17H14ClF2N3O3.C15H11ClF2N2O2.C2H4ClNO.ClH/c1-21-17(25)23-13-7-26-15-9(3-5-12(20)14(13)15)16(24)22-8-2-4-11(19)10(18)6-8;16-9-5-7(1-3-10(9)17)20-15(21)8-2-4-11(18)13-12(19)6-22-14(8)13;1-4-2(3)5;/h2-6,13H,7H2,1H3,(H,22,24)(H2,21,23,25);1-5,12H,6,19H2,(H,20,21);1H3,(H,4,5);1H. The van der Waals surface area contributed by atoms with Crippen LogP contribution in [-0.2, 0) is 0 Å². The van der Waals surface area contributed by atoms with Crippen LogP contribution in [0.25, 0.3) is 0 Å². The zero-order valence-electron chi connectivity index (χ0n) is 27.9. The van der Waals surface area contributed by atoms with Gasteiger partial charge in [-0.05, 0) is 72.3 Å². The van der Waals surface area contributed by atoms with E-state index in [-0.39, 0.29) is 75.1 Å². The Hall–Kier alpha value is -5.00. The molecular formula is C34H30Cl4F4N6O6. The third kappa shape index (κ3) is 10.6. The van der Waals surface area contributed by atoms with Gasteiger partial charge in [-0.3, -0.25) is 14.4 Å². The van der Waals surface area contributed by atoms with E-state index in [2.05, 4.69) is 26.6 Å². The van der Waals surface area contributed by atoms with Crippen LogP contribution in [0.15, 0.2) is 60.7 Å². The molecule has 0 bridgehead atoms. The van der Waals surface area contributed by atoms with Crippen molar-refractivity contribution in [3.8, 4) is 11.5 Å². The Labute approximate surface area is 326 Å². The Balaban J connectivity index is 0.000000256. The SMILES string of the molecule is CNC(=O)Cl.CNC(=O)NC1COc2c(C(=O)Nc3ccc(F)c(Cl)c3)ccc(F)c21.Cl.NC1COc2c(C(=O)Nc3ccc(F)c(Cl)c3)ccc(F)c21. The highest BCUT2D eigenvalue weighted by Gasteiger charge is 2.33. The third-order valence-electron chi connectivity index (χ3n) is 7.38. The number of anilines is 2. The number of carbonyl (C=O) groups excluding carboxylic acids is 4. The minimum absolute atomic E-state index is 0. The molecule has 4 aromatic carbocycles. The number of amides is 5. The van der Waals surface area contributed by atoms with Crippen LogP contribution in [-0.4, -0.2) is 50.5 Å². The number of rotatable bonds is 5. The number of nitrogens with one attached hydrogen (secondary N) is 5. The lowest BCUT2D eigenvalue weighted by Crippen LogP contribution is -2.36. The van der Waals surface area contributed by atoms with Gasteiger partial charge in [0.25, 0.3) is 11.8 Å². The summed E-state index contributed by atoms with van der Waals surface area (Å²) in [6, 6.07) is 10.6. The van der Waals surface area contributed by atoms with Gasteiger partial charge in [0.2, 0.25) is 0 Å². The smallest absolute Gasteiger partial charge is 0.315 e. The molecule has 0 aromatic heterocycles. The van der Waals surface area contributed by atoms with Gasteiger partial charge in [0.15, 0.2) is 0 Å². The Kier molecular flexibility index (Phi) is 15.6. The van der Waals surface area contributed by atoms with Gasteiger partial charge >= 0.3 is 11.4 Å². The summed E-state index contributed by atoms with van der Waals surface area (Å²) in [5, 5.41) is 11.4. The van der Waals surface area contributed by atoms with Gasteiger partial charge < -0.3 is 41.8 Å². The molecule has 5 amide bonds. The molecule has 0 saturated carbocycles. The molecule has 2 heterocycles. The van der Waals surface area contributed by atoms with Crippen molar-refractivity contribution in [3.05, 3.63) is 116 Å². The highest BCUT2D eigenvalue weighted by atomic mass is 35.5. The maximum absolute atomic E-state index is 14.2. The first kappa shape index (κ1) is 43.4. The summed E-state index contributed by atoms with van der Waals surface area (Å²) in [7, 11) is 2.90. The number of hydrogen-bond acceptors (Lipinski definition) is 7. The quantitative estimate of drug-likeness (QED) is 0.0687. The topological polar surface area (TPSA) is 173 Å². The molecule has 0 saturated heterocycles. The predicted octanol–water partition coefficient (Wildman–Crippen LogP) is 7.48. The van der Waals surface area contributed by atoms with Crippen molar-refractivity contribution in [2.24, 2.45) is 5.73 Å². The molecule has 2 unspecified atom stereocenters. The van der Waals surface area contributed by atoms with Crippen LogP contribution in [0.4, 0.5) is 38.5 Å². The molecule has 0 fully saturated rings. The van der Waals surface area contributed by atoms with Crippen LogP contribution in [0.5, 0.6) is 11.5 Å². The summed E-state index contributed by atoms with van der Waals surface area (Å²) in [5.41, 5.74) is 6.87. The lowest BCUT2D eigenvalue weighted by molar-refractivity contribution is 0.101. The lowest BCUT2D eigenvalue weighted by Gasteiger charge is -2.12. The van der Waals surface area contributed by atoms with Crippen molar-refractivity contribution in [2.45, 2.75) is 12.1 Å². The highest BCUT2D eigenvalue weighted by Crippen LogP contribution is 2.39. The van der Waals surface area contributed by atoms with E-state index >= 15 is 0 Å². The molecule has 0 aliphatic carbocycles. The van der Waals surface area contributed by atoms with Crippen molar-refractivity contribution in [3.63, 3.8) is 0 Å². The van der Waals surface area contributed by atoms with Crippen LogP contribution in [0.1, 0.15) is 43.9 Å². The molecule has 2 aliphatic rings. The van der Waals surface area contributed by atoms with E-state index in [0.29, 0.717) is 5.69 Å². The number of ether oxygens (including phenoxy) is 2. The number of fused-ring (bicyclic) bond motifs is 2. The molecule has 54 heavy (non-hydrogen) atoms. The van der Waals surface area contributed by atoms with E-state index in [4.69, 9.17) is 50.0 Å². The number of urea groups is 1. The molecular weight excluding hydrogens is 806 g/mol. The summed E-state index contributed by atoms with van der Waals surface area (Å²) in [6.07, 6.45) is 0. The van der Waals surface area contributed by atoms with Crippen molar-refractivity contribution in [1.29, 1.82) is 0 Å². The largest absolute Gasteiger partial charge is 0.490 e. The van der Waals surface area contributed by atoms with E-state index in [1.165, 1.54) is 56.6 Å². The summed E-state index contributed by atoms with van der Waals surface area (Å²) < 4.78 is 65.1. The van der Waals surface area contributed by atoms with Crippen LogP contribution in [0.2, 0.25) is 10.0 Å². The van der Waals surface area contributed by atoms with Crippen LogP contribution in [0.3, 0.4) is 0 Å². The van der Waals surface area contributed by atoms with Gasteiger partial charge in [-0.15, -0.1) is 12.4 Å². The molecule has 0 radical (unpaired) electrons. The Bertz CT molecular complexity index is 2060. The number of nitrogens with two attached hydrogens (primary N) is 1. The highest BCUT2D eigenvalue weighted by molar-refractivity contribution is 6.62. The molecule has 4 aromatic rings. The molecule has 6 rings (SSSR count). The molecule has 2 aliphatic heterocycles. The van der Waals surface area contributed by atoms with Gasteiger partial charge in [0.05, 0.1) is 44.4 Å². The van der Waals surface area contributed by atoms with E-state index in [1.54, 1.807) is 0 Å². The van der Waals surface area contributed by atoms with Gasteiger partial charge in [0, 0.05) is 25.5 Å². The first-order valence-electron chi connectivity index (χ1n) is 15.2. The summed E-state index contributed by atoms with van der Waals surface area (Å²) in [4.78, 5) is 45.8. The van der Waals surface area contributed by atoms with Gasteiger partial charge in [-0.2, -0.15) is 0 Å². The van der Waals surface area contributed by atoms with Crippen molar-refractivity contribution in [1.82, 2.24) is 16.0 Å². The number of hydrogen-bond donors (Lipinski definition) is 6. The molecule has 2 atom stereocenters. The lowest BCUT2D eigenvalue weighted by atomic mass is 10.0. The monoisotopic (exact) mass is 834 g/mol. The van der Waals surface area contributed by atoms with Gasteiger partial charge in [0.1, 0.15) is 48.0 Å². The predicted molar refractivity (Wildman–Crippen MR) is 197 cm³/mol. The summed E-state index contributed by atoms with van der Waals surface area (Å²) in [5.74, 6) is -3.22. The van der Waals surface area contributed by atoms with Crippen molar-refractivity contribution in [2.75, 3.05) is 37.9 Å². The van der Waals surface area contributed by atoms with Gasteiger partial charge in [-0.25, -0.2) is 22.4 Å². The Morgan fingerprint density at radius 3 is 1.56 bits per heavy atom. The average molecular weight is 836 g/mol. The summed E-state index contributed by atoms with van der Waals surface area (Å²) >= 11 is 16.1. The van der Waals surface area contributed by atoms with Crippen molar-refractivity contribution < 1.29 is 46.2 Å². The second-order valence-corrected chi connectivity index (χ2v) is 12.0. The molecule has 20 heteroatoms. The number of carbonyl (C=O) groups is 4. The van der Waals surface area contributed by atoms with E-state index in [9.17, 15) is 36.7 Å². The molecule has 0 spiro atoms. The third-order valence-corrected chi connectivity index (χ3v) is 8.15. The van der Waals surface area contributed by atoms with Gasteiger partial charge in [-0.1, -0.05) is 23.2 Å². The fraction of sp³-hybridized carbons (Fsp3) is 0.176. The zero-order valence-corrected chi connectivity index (χ0v) is 31.0. The molecule has 12 nitrogen and oxygen atoms in total. The second-order valence-electron chi connectivity index (χ2n) is 10.9. The van der Waals surface area contributed by atoms with E-state index < -0.39 is 58.6 Å². The second kappa shape index (κ2) is 19.4. The minimum Gasteiger partial charge on any atom is -0.490 e. The van der Waals surface area contributed by atoms with Crippen LogP contribution >= 0.6 is 47.2 Å². The first-order valence-corrected chi connectivity index (χ1v) is 16.3. The van der Waals surface area contributed by atoms with Crippen LogP contribution < -0.4 is 41.8 Å². The Morgan fingerprint density at radius 2 is 1.11 bits per heavy atom. The maximum Gasteiger partial charge on any atom is 0.315 e. The summed E-state index contributed by atoms with van der Waals surface area (Å²) in [6.45, 7) is 0.102. The normalized spacial score (nSPS) is 14.4. The van der Waals surface area contributed by atoms with Crippen LogP contribution in [0, 0.1) is 23.3 Å².